The molecule has 0 radical (unpaired) electrons. The summed E-state index contributed by atoms with van der Waals surface area (Å²) in [5, 5.41) is 7.10. The van der Waals surface area contributed by atoms with Gasteiger partial charge < -0.3 is 9.32 Å². The Morgan fingerprint density at radius 1 is 0.326 bits per heavy atom. The van der Waals surface area contributed by atoms with Crippen molar-refractivity contribution in [3.8, 4) is 22.3 Å². The predicted molar refractivity (Wildman–Crippen MR) is 194 cm³/mol. The Labute approximate surface area is 267 Å². The highest BCUT2D eigenvalue weighted by Gasteiger charge is 2.16. The summed E-state index contributed by atoms with van der Waals surface area (Å²) in [4.78, 5) is 2.28. The van der Waals surface area contributed by atoms with E-state index in [-0.39, 0.29) is 0 Å². The van der Waals surface area contributed by atoms with Crippen LogP contribution < -0.4 is 4.90 Å². The maximum absolute atomic E-state index is 6.78. The zero-order valence-electron chi connectivity index (χ0n) is 25.1. The Morgan fingerprint density at radius 2 is 0.848 bits per heavy atom. The standard InChI is InChI=1S/C44H29NO/c1-3-11-35(12-4-1)45(36-13-5-2-6-14-36)37-27-24-31(25-28-37)30-18-20-33(21-19-30)39-16-9-17-40-41-29-26-34-23-22-32-10-7-8-15-38(32)42(34)44(41)46-43(39)40/h1-29H. The van der Waals surface area contributed by atoms with Crippen LogP contribution in [0.15, 0.2) is 180 Å². The minimum Gasteiger partial charge on any atom is -0.455 e. The van der Waals surface area contributed by atoms with Crippen LogP contribution in [0.25, 0.3) is 65.7 Å². The lowest BCUT2D eigenvalue weighted by molar-refractivity contribution is 0.674. The van der Waals surface area contributed by atoms with E-state index >= 15 is 0 Å². The third kappa shape index (κ3) is 4.35. The molecule has 0 amide bonds. The molecule has 0 saturated heterocycles. The first-order valence-corrected chi connectivity index (χ1v) is 15.7. The van der Waals surface area contributed by atoms with E-state index in [1.165, 1.54) is 32.7 Å². The van der Waals surface area contributed by atoms with Crippen molar-refractivity contribution in [1.29, 1.82) is 0 Å². The summed E-state index contributed by atoms with van der Waals surface area (Å²) >= 11 is 0. The molecule has 0 fully saturated rings. The summed E-state index contributed by atoms with van der Waals surface area (Å²) in [7, 11) is 0. The molecule has 46 heavy (non-hydrogen) atoms. The average Bonchev–Trinajstić information content (AvgIpc) is 3.52. The number of benzene rings is 8. The first-order chi connectivity index (χ1) is 22.8. The van der Waals surface area contributed by atoms with Crippen molar-refractivity contribution in [2.45, 2.75) is 0 Å². The molecule has 0 atom stereocenters. The van der Waals surface area contributed by atoms with Gasteiger partial charge in [-0.15, -0.1) is 0 Å². The summed E-state index contributed by atoms with van der Waals surface area (Å²) in [5.74, 6) is 0. The molecule has 2 nitrogen and oxygen atoms in total. The van der Waals surface area contributed by atoms with Crippen LogP contribution in [-0.2, 0) is 0 Å². The number of nitrogens with zero attached hydrogens (tertiary/aromatic N) is 1. The third-order valence-electron chi connectivity index (χ3n) is 9.06. The van der Waals surface area contributed by atoms with E-state index in [2.05, 4.69) is 181 Å². The number of rotatable bonds is 5. The summed E-state index contributed by atoms with van der Waals surface area (Å²) in [6, 6.07) is 62.5. The molecule has 9 aromatic rings. The fourth-order valence-corrected chi connectivity index (χ4v) is 6.82. The topological polar surface area (TPSA) is 16.4 Å². The molecule has 216 valence electrons. The molecule has 0 aliphatic carbocycles. The molecule has 1 heterocycles. The largest absolute Gasteiger partial charge is 0.455 e. The second-order valence-corrected chi connectivity index (χ2v) is 11.7. The maximum atomic E-state index is 6.78. The van der Waals surface area contributed by atoms with Crippen molar-refractivity contribution in [2.24, 2.45) is 0 Å². The number of fused-ring (bicyclic) bond motifs is 7. The van der Waals surface area contributed by atoms with Gasteiger partial charge in [0.1, 0.15) is 11.2 Å². The molecule has 9 rings (SSSR count). The molecule has 0 spiro atoms. The molecule has 0 unspecified atom stereocenters. The Hall–Kier alpha value is -6.12. The fourth-order valence-electron chi connectivity index (χ4n) is 6.82. The van der Waals surface area contributed by atoms with Crippen molar-refractivity contribution in [3.05, 3.63) is 176 Å². The van der Waals surface area contributed by atoms with Gasteiger partial charge in [0.05, 0.1) is 0 Å². The summed E-state index contributed by atoms with van der Waals surface area (Å²) in [6.07, 6.45) is 0. The zero-order chi connectivity index (χ0) is 30.5. The Bertz CT molecular complexity index is 2450. The van der Waals surface area contributed by atoms with E-state index in [1.54, 1.807) is 0 Å². The van der Waals surface area contributed by atoms with Gasteiger partial charge in [0.25, 0.3) is 0 Å². The molecule has 8 aromatic carbocycles. The van der Waals surface area contributed by atoms with Gasteiger partial charge in [0, 0.05) is 38.8 Å². The molecular formula is C44H29NO. The smallest absolute Gasteiger partial charge is 0.143 e. The van der Waals surface area contributed by atoms with E-state index < -0.39 is 0 Å². The maximum Gasteiger partial charge on any atom is 0.143 e. The molecule has 0 N–H and O–H groups in total. The first-order valence-electron chi connectivity index (χ1n) is 15.7. The van der Waals surface area contributed by atoms with Gasteiger partial charge in [-0.2, -0.15) is 0 Å². The highest BCUT2D eigenvalue weighted by molar-refractivity contribution is 6.23. The molecule has 1 aromatic heterocycles. The van der Waals surface area contributed by atoms with Crippen LogP contribution in [0.5, 0.6) is 0 Å². The number of furan rings is 1. The second-order valence-electron chi connectivity index (χ2n) is 11.7. The SMILES string of the molecule is c1ccc(N(c2ccccc2)c2ccc(-c3ccc(-c4cccc5c4oc4c5ccc5ccc6ccccc6c54)cc3)cc2)cc1. The molecule has 0 aliphatic rings. The average molecular weight is 588 g/mol. The van der Waals surface area contributed by atoms with E-state index in [1.807, 2.05) is 0 Å². The van der Waals surface area contributed by atoms with Gasteiger partial charge in [0.2, 0.25) is 0 Å². The molecule has 2 heteroatoms. The van der Waals surface area contributed by atoms with Crippen LogP contribution in [0.4, 0.5) is 17.1 Å². The zero-order valence-corrected chi connectivity index (χ0v) is 25.1. The van der Waals surface area contributed by atoms with Crippen molar-refractivity contribution in [2.75, 3.05) is 4.90 Å². The number of anilines is 3. The van der Waals surface area contributed by atoms with Crippen LogP contribution >= 0.6 is 0 Å². The number of para-hydroxylation sites is 3. The van der Waals surface area contributed by atoms with Crippen LogP contribution in [0, 0.1) is 0 Å². The van der Waals surface area contributed by atoms with E-state index in [9.17, 15) is 0 Å². The van der Waals surface area contributed by atoms with Crippen LogP contribution in [0.2, 0.25) is 0 Å². The third-order valence-corrected chi connectivity index (χ3v) is 9.06. The van der Waals surface area contributed by atoms with Gasteiger partial charge in [-0.25, -0.2) is 0 Å². The Balaban J connectivity index is 1.09. The van der Waals surface area contributed by atoms with Crippen LogP contribution in [0.1, 0.15) is 0 Å². The van der Waals surface area contributed by atoms with Crippen LogP contribution in [0.3, 0.4) is 0 Å². The van der Waals surface area contributed by atoms with Crippen molar-refractivity contribution in [1.82, 2.24) is 0 Å². The van der Waals surface area contributed by atoms with Gasteiger partial charge >= 0.3 is 0 Å². The highest BCUT2D eigenvalue weighted by atomic mass is 16.3. The van der Waals surface area contributed by atoms with Crippen LogP contribution in [-0.4, -0.2) is 0 Å². The highest BCUT2D eigenvalue weighted by Crippen LogP contribution is 2.41. The lowest BCUT2D eigenvalue weighted by Gasteiger charge is -2.25. The van der Waals surface area contributed by atoms with Crippen molar-refractivity contribution < 1.29 is 4.42 Å². The van der Waals surface area contributed by atoms with Gasteiger partial charge in [-0.1, -0.05) is 133 Å². The molecule has 0 bridgehead atoms. The van der Waals surface area contributed by atoms with E-state index in [4.69, 9.17) is 4.42 Å². The van der Waals surface area contributed by atoms with E-state index in [0.29, 0.717) is 0 Å². The molecule has 0 aliphatic heterocycles. The summed E-state index contributed by atoms with van der Waals surface area (Å²) < 4.78 is 6.78. The fraction of sp³-hybridized carbons (Fsp3) is 0. The monoisotopic (exact) mass is 587 g/mol. The Morgan fingerprint density at radius 3 is 1.57 bits per heavy atom. The van der Waals surface area contributed by atoms with E-state index in [0.717, 1.165) is 50.1 Å². The summed E-state index contributed by atoms with van der Waals surface area (Å²) in [6.45, 7) is 0. The molecular weight excluding hydrogens is 558 g/mol. The second kappa shape index (κ2) is 10.8. The Kier molecular flexibility index (Phi) is 6.17. The minimum atomic E-state index is 0.928. The lowest BCUT2D eigenvalue weighted by Crippen LogP contribution is -2.09. The van der Waals surface area contributed by atoms with Gasteiger partial charge in [0.15, 0.2) is 0 Å². The van der Waals surface area contributed by atoms with Gasteiger partial charge in [-0.05, 0) is 75.3 Å². The van der Waals surface area contributed by atoms with Crippen molar-refractivity contribution >= 4 is 60.5 Å². The quantitative estimate of drug-likeness (QED) is 0.186. The normalized spacial score (nSPS) is 11.5. The first kappa shape index (κ1) is 26.3. The lowest BCUT2D eigenvalue weighted by atomic mass is 9.97. The number of hydrogen-bond donors (Lipinski definition) is 0. The summed E-state index contributed by atoms with van der Waals surface area (Å²) in [5.41, 5.74) is 9.86. The van der Waals surface area contributed by atoms with Gasteiger partial charge in [-0.3, -0.25) is 0 Å². The van der Waals surface area contributed by atoms with Crippen molar-refractivity contribution in [3.63, 3.8) is 0 Å². The predicted octanol–water partition coefficient (Wildman–Crippen LogP) is 12.7. The number of hydrogen-bond acceptors (Lipinski definition) is 2. The molecule has 0 saturated carbocycles. The minimum absolute atomic E-state index is 0.928.